The zero-order valence-corrected chi connectivity index (χ0v) is 7.49. The Kier molecular flexibility index (Phi) is 1.83. The zero-order valence-electron chi connectivity index (χ0n) is 6.67. The third-order valence-corrected chi connectivity index (χ3v) is 3.84. The number of fused-ring (bicyclic) bond motifs is 1. The second-order valence-electron chi connectivity index (χ2n) is 3.65. The molecule has 0 aromatic rings. The number of rotatable bonds is 0. The van der Waals surface area contributed by atoms with Gasteiger partial charge < -0.3 is 0 Å². The van der Waals surface area contributed by atoms with Crippen LogP contribution in [-0.2, 0) is 4.79 Å². The lowest BCUT2D eigenvalue weighted by Gasteiger charge is -2.25. The van der Waals surface area contributed by atoms with Crippen molar-refractivity contribution >= 4 is 17.9 Å². The molecule has 11 heavy (non-hydrogen) atoms. The number of carbonyl (C=O) groups is 1. The normalized spacial score (nSPS) is 43.4. The average molecular weight is 171 g/mol. The van der Waals surface area contributed by atoms with Crippen LogP contribution >= 0.6 is 11.9 Å². The molecule has 2 aliphatic rings. The molecule has 1 heterocycles. The molecular weight excluding hydrogens is 158 g/mol. The maximum Gasteiger partial charge on any atom is 0.234 e. The van der Waals surface area contributed by atoms with Crippen LogP contribution in [-0.4, -0.2) is 11.2 Å². The minimum absolute atomic E-state index is 0.270. The highest BCUT2D eigenvalue weighted by Crippen LogP contribution is 2.39. The van der Waals surface area contributed by atoms with Crippen LogP contribution in [0.3, 0.4) is 0 Å². The molecule has 1 N–H and O–H groups in total. The highest BCUT2D eigenvalue weighted by atomic mass is 32.2. The second-order valence-corrected chi connectivity index (χ2v) is 4.69. The molecule has 2 fully saturated rings. The van der Waals surface area contributed by atoms with Crippen LogP contribution in [0, 0.1) is 11.8 Å². The van der Waals surface area contributed by atoms with Gasteiger partial charge >= 0.3 is 0 Å². The van der Waals surface area contributed by atoms with Crippen molar-refractivity contribution in [2.45, 2.75) is 31.4 Å². The summed E-state index contributed by atoms with van der Waals surface area (Å²) in [5, 5.41) is 0.575. The lowest BCUT2D eigenvalue weighted by Crippen LogP contribution is -2.27. The summed E-state index contributed by atoms with van der Waals surface area (Å²) in [6.45, 7) is 2.28. The van der Waals surface area contributed by atoms with Crippen molar-refractivity contribution in [1.82, 2.24) is 4.72 Å². The molecule has 0 spiro atoms. The van der Waals surface area contributed by atoms with Gasteiger partial charge in [0.25, 0.3) is 0 Å². The fraction of sp³-hybridized carbons (Fsp3) is 0.875. The number of carbonyl (C=O) groups excluding carboxylic acids is 1. The third-order valence-electron chi connectivity index (χ3n) is 2.70. The summed E-state index contributed by atoms with van der Waals surface area (Å²) >= 11 is 1.64. The number of amides is 1. The second kappa shape index (κ2) is 2.70. The van der Waals surface area contributed by atoms with Crippen LogP contribution in [0.5, 0.6) is 0 Å². The van der Waals surface area contributed by atoms with Crippen LogP contribution in [0.2, 0.25) is 0 Å². The van der Waals surface area contributed by atoms with Gasteiger partial charge in [-0.2, -0.15) is 0 Å². The van der Waals surface area contributed by atoms with E-state index >= 15 is 0 Å². The first kappa shape index (κ1) is 7.47. The highest BCUT2D eigenvalue weighted by molar-refractivity contribution is 7.99. The zero-order chi connectivity index (χ0) is 7.84. The van der Waals surface area contributed by atoms with E-state index in [1.807, 2.05) is 0 Å². The summed E-state index contributed by atoms with van der Waals surface area (Å²) in [4.78, 5) is 11.2. The minimum atomic E-state index is 0.270. The minimum Gasteiger partial charge on any atom is -0.300 e. The number of hydrogen-bond acceptors (Lipinski definition) is 2. The molecule has 0 bridgehead atoms. The molecule has 2 rings (SSSR count). The van der Waals surface area contributed by atoms with Gasteiger partial charge in [0.15, 0.2) is 0 Å². The van der Waals surface area contributed by atoms with Gasteiger partial charge in [-0.3, -0.25) is 9.52 Å². The summed E-state index contributed by atoms with van der Waals surface area (Å²) in [5.41, 5.74) is 0. The molecule has 62 valence electrons. The van der Waals surface area contributed by atoms with Crippen LogP contribution < -0.4 is 4.72 Å². The van der Waals surface area contributed by atoms with Crippen molar-refractivity contribution in [3.63, 3.8) is 0 Å². The van der Waals surface area contributed by atoms with Crippen molar-refractivity contribution in [2.24, 2.45) is 11.8 Å². The summed E-state index contributed by atoms with van der Waals surface area (Å²) in [5.74, 6) is 1.42. The van der Waals surface area contributed by atoms with Gasteiger partial charge in [-0.1, -0.05) is 6.92 Å². The molecule has 1 saturated carbocycles. The SMILES string of the molecule is CC1CCC2C(=O)NSC2C1. The Morgan fingerprint density at radius 1 is 1.55 bits per heavy atom. The molecule has 1 amide bonds. The maximum absolute atomic E-state index is 11.2. The van der Waals surface area contributed by atoms with Crippen LogP contribution in [0.15, 0.2) is 0 Å². The number of hydrogen-bond donors (Lipinski definition) is 1. The molecule has 1 aliphatic heterocycles. The summed E-state index contributed by atoms with van der Waals surface area (Å²) in [6, 6.07) is 0. The van der Waals surface area contributed by atoms with Crippen LogP contribution in [0.1, 0.15) is 26.2 Å². The van der Waals surface area contributed by atoms with Crippen molar-refractivity contribution in [2.75, 3.05) is 0 Å². The lowest BCUT2D eigenvalue weighted by molar-refractivity contribution is -0.122. The van der Waals surface area contributed by atoms with Gasteiger partial charge in [0, 0.05) is 5.25 Å². The van der Waals surface area contributed by atoms with Gasteiger partial charge in [-0.25, -0.2) is 0 Å². The van der Waals surface area contributed by atoms with Gasteiger partial charge in [0.1, 0.15) is 0 Å². The van der Waals surface area contributed by atoms with E-state index < -0.39 is 0 Å². The van der Waals surface area contributed by atoms with E-state index in [9.17, 15) is 4.79 Å². The summed E-state index contributed by atoms with van der Waals surface area (Å²) < 4.78 is 2.86. The number of nitrogens with one attached hydrogen (secondary N) is 1. The molecular formula is C8H13NOS. The van der Waals surface area contributed by atoms with Gasteiger partial charge in [-0.15, -0.1) is 0 Å². The smallest absolute Gasteiger partial charge is 0.234 e. The summed E-state index contributed by atoms with van der Waals surface area (Å²) in [7, 11) is 0. The Balaban J connectivity index is 2.06. The van der Waals surface area contributed by atoms with Crippen molar-refractivity contribution in [3.05, 3.63) is 0 Å². The van der Waals surface area contributed by atoms with Crippen LogP contribution in [0.4, 0.5) is 0 Å². The summed E-state index contributed by atoms with van der Waals surface area (Å²) in [6.07, 6.45) is 3.55. The molecule has 3 atom stereocenters. The fourth-order valence-electron chi connectivity index (χ4n) is 1.97. The standard InChI is InChI=1S/C8H13NOS/c1-5-2-3-6-7(4-5)11-9-8(6)10/h5-7H,2-4H2,1H3,(H,9,10). The predicted octanol–water partition coefficient (Wildman–Crippen LogP) is 1.57. The van der Waals surface area contributed by atoms with Crippen molar-refractivity contribution in [3.8, 4) is 0 Å². The molecule has 3 unspecified atom stereocenters. The molecule has 0 aromatic heterocycles. The average Bonchev–Trinajstić information content (AvgIpc) is 2.32. The third kappa shape index (κ3) is 1.26. The van der Waals surface area contributed by atoms with Gasteiger partial charge in [-0.05, 0) is 37.1 Å². The quantitative estimate of drug-likeness (QED) is 0.560. The van der Waals surface area contributed by atoms with E-state index in [4.69, 9.17) is 0 Å². The van der Waals surface area contributed by atoms with E-state index in [2.05, 4.69) is 11.6 Å². The predicted molar refractivity (Wildman–Crippen MR) is 46.0 cm³/mol. The Morgan fingerprint density at radius 2 is 2.36 bits per heavy atom. The Bertz CT molecular complexity index is 183. The van der Waals surface area contributed by atoms with E-state index in [0.717, 1.165) is 12.3 Å². The van der Waals surface area contributed by atoms with Gasteiger partial charge in [0.05, 0.1) is 5.92 Å². The molecule has 0 aromatic carbocycles. The topological polar surface area (TPSA) is 29.1 Å². The molecule has 3 heteroatoms. The van der Waals surface area contributed by atoms with E-state index in [-0.39, 0.29) is 5.91 Å². The first-order valence-corrected chi connectivity index (χ1v) is 5.11. The van der Waals surface area contributed by atoms with E-state index in [1.54, 1.807) is 11.9 Å². The van der Waals surface area contributed by atoms with Crippen LogP contribution in [0.25, 0.3) is 0 Å². The van der Waals surface area contributed by atoms with Crippen molar-refractivity contribution < 1.29 is 4.79 Å². The lowest BCUT2D eigenvalue weighted by atomic mass is 9.82. The fourth-order valence-corrected chi connectivity index (χ4v) is 3.24. The van der Waals surface area contributed by atoms with Gasteiger partial charge in [0.2, 0.25) is 5.91 Å². The Hall–Kier alpha value is -0.180. The molecule has 2 nitrogen and oxygen atoms in total. The Morgan fingerprint density at radius 3 is 3.18 bits per heavy atom. The monoisotopic (exact) mass is 171 g/mol. The molecule has 1 saturated heterocycles. The molecule has 0 radical (unpaired) electrons. The first-order chi connectivity index (χ1) is 5.27. The first-order valence-electron chi connectivity index (χ1n) is 4.23. The maximum atomic E-state index is 11.2. The Labute approximate surface area is 71.3 Å². The largest absolute Gasteiger partial charge is 0.300 e. The molecule has 1 aliphatic carbocycles. The van der Waals surface area contributed by atoms with E-state index in [1.165, 1.54) is 12.8 Å². The van der Waals surface area contributed by atoms with Crippen molar-refractivity contribution in [1.29, 1.82) is 0 Å². The highest BCUT2D eigenvalue weighted by Gasteiger charge is 2.39. The van der Waals surface area contributed by atoms with E-state index in [0.29, 0.717) is 11.2 Å².